The molecule has 0 radical (unpaired) electrons. The number of azo groups is 1. The first kappa shape index (κ1) is 21.6. The number of fused-ring (bicyclic) bond motifs is 1. The van der Waals surface area contributed by atoms with Gasteiger partial charge in [0.25, 0.3) is 10.1 Å². The van der Waals surface area contributed by atoms with Crippen LogP contribution in [-0.4, -0.2) is 47.5 Å². The molecule has 29 heavy (non-hydrogen) atoms. The van der Waals surface area contributed by atoms with Crippen molar-refractivity contribution in [1.82, 2.24) is 4.98 Å². The summed E-state index contributed by atoms with van der Waals surface area (Å²) in [6.45, 7) is 0. The molecule has 0 spiro atoms. The third-order valence-corrected chi connectivity index (χ3v) is 5.89. The number of rotatable bonds is 4. The third-order valence-electron chi connectivity index (χ3n) is 4.10. The Kier molecular flexibility index (Phi) is 6.47. The first-order valence-corrected chi connectivity index (χ1v) is 10.5. The van der Waals surface area contributed by atoms with Gasteiger partial charge in [-0.2, -0.15) is 8.42 Å². The number of hydrogen-bond acceptors (Lipinski definition) is 7. The average molecular weight is 434 g/mol. The normalized spacial score (nSPS) is 11.6. The minimum atomic E-state index is -4.45. The van der Waals surface area contributed by atoms with Crippen LogP contribution in [0.25, 0.3) is 21.3 Å². The van der Waals surface area contributed by atoms with Gasteiger partial charge in [0.15, 0.2) is 0 Å². The van der Waals surface area contributed by atoms with Crippen LogP contribution in [0.4, 0.5) is 17.1 Å². The molecule has 2 aromatic heterocycles. The zero-order valence-corrected chi connectivity index (χ0v) is 16.0. The molecule has 142 valence electrons. The van der Waals surface area contributed by atoms with E-state index in [4.69, 9.17) is 5.73 Å². The first-order chi connectivity index (χ1) is 13.4. The van der Waals surface area contributed by atoms with Gasteiger partial charge in [-0.05, 0) is 29.6 Å². The summed E-state index contributed by atoms with van der Waals surface area (Å²) in [5.41, 5.74) is 7.87. The molecular weight excluding hydrogens is 419 g/mol. The van der Waals surface area contributed by atoms with Crippen molar-refractivity contribution >= 4 is 78.8 Å². The predicted octanol–water partition coefficient (Wildman–Crippen LogP) is 4.56. The third kappa shape index (κ3) is 4.55. The topological polar surface area (TPSA) is 118 Å². The number of nitrogens with two attached hydrogens (primary N) is 1. The first-order valence-electron chi connectivity index (χ1n) is 8.14. The predicted molar refractivity (Wildman–Crippen MR) is 117 cm³/mol. The summed E-state index contributed by atoms with van der Waals surface area (Å²) in [6, 6.07) is 15.3. The van der Waals surface area contributed by atoms with Crippen molar-refractivity contribution in [2.24, 2.45) is 10.2 Å². The summed E-state index contributed by atoms with van der Waals surface area (Å²) in [7, 11) is -4.45. The number of pyridine rings is 1. The summed E-state index contributed by atoms with van der Waals surface area (Å²) < 4.78 is 33.1. The van der Waals surface area contributed by atoms with E-state index in [9.17, 15) is 13.0 Å². The van der Waals surface area contributed by atoms with Gasteiger partial charge >= 0.3 is 29.6 Å². The maximum atomic E-state index is 11.8. The van der Waals surface area contributed by atoms with Crippen molar-refractivity contribution in [3.8, 4) is 10.6 Å². The van der Waals surface area contributed by atoms with Crippen molar-refractivity contribution in [2.75, 3.05) is 5.73 Å². The van der Waals surface area contributed by atoms with E-state index in [1.807, 2.05) is 23.6 Å². The van der Waals surface area contributed by atoms with Crippen LogP contribution in [-0.2, 0) is 10.1 Å². The summed E-state index contributed by atoms with van der Waals surface area (Å²) in [6.07, 6.45) is 1.57. The molecule has 0 aliphatic carbocycles. The standard InChI is InChI=1S/C19H14N4O3S2.Na.H/c20-19-14-5-2-1-4-13(14)18(28(24,25)26)10-16(19)23-22-12-7-8-15(21-11-12)17-6-3-9-27-17;;/h1-11H,20H2,(H,24,25,26);;/b23-22+;;. The molecule has 2 aromatic carbocycles. The van der Waals surface area contributed by atoms with Crippen LogP contribution >= 0.6 is 11.3 Å². The van der Waals surface area contributed by atoms with Crippen LogP contribution < -0.4 is 5.73 Å². The van der Waals surface area contributed by atoms with Crippen LogP contribution in [0.1, 0.15) is 0 Å². The number of anilines is 1. The van der Waals surface area contributed by atoms with Gasteiger partial charge in [0.2, 0.25) is 0 Å². The van der Waals surface area contributed by atoms with Gasteiger partial charge in [-0.25, -0.2) is 0 Å². The van der Waals surface area contributed by atoms with Crippen molar-refractivity contribution < 1.29 is 13.0 Å². The molecular formula is C19H15N4NaO3S2. The van der Waals surface area contributed by atoms with Gasteiger partial charge in [-0.15, -0.1) is 21.6 Å². The zero-order chi connectivity index (χ0) is 19.7. The van der Waals surface area contributed by atoms with Crippen LogP contribution in [0.15, 0.2) is 81.3 Å². The number of aromatic nitrogens is 1. The Morgan fingerprint density at radius 3 is 2.38 bits per heavy atom. The Morgan fingerprint density at radius 1 is 1.00 bits per heavy atom. The number of hydrogen-bond donors (Lipinski definition) is 2. The number of thiophene rings is 1. The van der Waals surface area contributed by atoms with E-state index < -0.39 is 10.1 Å². The Labute approximate surface area is 193 Å². The molecule has 0 aliphatic rings. The summed E-state index contributed by atoms with van der Waals surface area (Å²) in [5.74, 6) is 0. The van der Waals surface area contributed by atoms with Crippen LogP contribution in [0.3, 0.4) is 0 Å². The summed E-state index contributed by atoms with van der Waals surface area (Å²) >= 11 is 1.59. The second kappa shape index (κ2) is 8.70. The Bertz CT molecular complexity index is 1290. The van der Waals surface area contributed by atoms with Gasteiger partial charge in [0.05, 0.1) is 22.5 Å². The number of nitrogen functional groups attached to an aromatic ring is 1. The van der Waals surface area contributed by atoms with Crippen molar-refractivity contribution in [1.29, 1.82) is 0 Å². The molecule has 2 heterocycles. The molecule has 3 N–H and O–H groups in total. The van der Waals surface area contributed by atoms with E-state index in [-0.39, 0.29) is 45.8 Å². The van der Waals surface area contributed by atoms with E-state index >= 15 is 0 Å². The maximum absolute atomic E-state index is 11.8. The molecule has 0 saturated carbocycles. The van der Waals surface area contributed by atoms with Gasteiger partial charge in [0, 0.05) is 10.8 Å². The van der Waals surface area contributed by atoms with E-state index in [2.05, 4.69) is 15.2 Å². The zero-order valence-electron chi connectivity index (χ0n) is 14.4. The van der Waals surface area contributed by atoms with Crippen molar-refractivity contribution in [3.63, 3.8) is 0 Å². The van der Waals surface area contributed by atoms with E-state index in [1.54, 1.807) is 47.9 Å². The van der Waals surface area contributed by atoms with Gasteiger partial charge in [-0.1, -0.05) is 30.3 Å². The molecule has 4 aromatic rings. The quantitative estimate of drug-likeness (QED) is 0.211. The van der Waals surface area contributed by atoms with E-state index in [1.165, 1.54) is 6.07 Å². The summed E-state index contributed by atoms with van der Waals surface area (Å²) in [5, 5.41) is 10.9. The molecule has 4 rings (SSSR count). The molecule has 0 fully saturated rings. The Morgan fingerprint density at radius 2 is 1.76 bits per heavy atom. The van der Waals surface area contributed by atoms with Crippen LogP contribution in [0.5, 0.6) is 0 Å². The van der Waals surface area contributed by atoms with Crippen molar-refractivity contribution in [3.05, 3.63) is 66.2 Å². The second-order valence-corrected chi connectivity index (χ2v) is 8.24. The molecule has 0 bridgehead atoms. The van der Waals surface area contributed by atoms with Gasteiger partial charge < -0.3 is 5.73 Å². The molecule has 0 aliphatic heterocycles. The average Bonchev–Trinajstić information content (AvgIpc) is 3.22. The summed E-state index contributed by atoms with van der Waals surface area (Å²) in [4.78, 5) is 5.13. The molecule has 0 unspecified atom stereocenters. The fraction of sp³-hybridized carbons (Fsp3) is 0. The van der Waals surface area contributed by atoms with E-state index in [0.717, 1.165) is 10.6 Å². The Balaban J connectivity index is 0.00000240. The van der Waals surface area contributed by atoms with Gasteiger partial charge in [0.1, 0.15) is 16.3 Å². The monoisotopic (exact) mass is 434 g/mol. The SMILES string of the molecule is Nc1c(/N=N/c2ccc(-c3cccs3)nc2)cc(S(=O)(=O)O)c2ccccc12.[NaH]. The Hall–Kier alpha value is -2.14. The van der Waals surface area contributed by atoms with Crippen LogP contribution in [0.2, 0.25) is 0 Å². The molecule has 10 heteroatoms. The minimum absolute atomic E-state index is 0. The fourth-order valence-electron chi connectivity index (χ4n) is 2.77. The van der Waals surface area contributed by atoms with Crippen molar-refractivity contribution in [2.45, 2.75) is 4.90 Å². The van der Waals surface area contributed by atoms with Gasteiger partial charge in [-0.3, -0.25) is 9.54 Å². The number of nitrogens with zero attached hydrogens (tertiary/aromatic N) is 3. The second-order valence-electron chi connectivity index (χ2n) is 5.91. The molecule has 0 amide bonds. The molecule has 7 nitrogen and oxygen atoms in total. The number of benzene rings is 2. The molecule has 0 atom stereocenters. The fourth-order valence-corrected chi connectivity index (χ4v) is 4.19. The van der Waals surface area contributed by atoms with Crippen LogP contribution in [0, 0.1) is 0 Å². The molecule has 0 saturated heterocycles. The van der Waals surface area contributed by atoms with E-state index in [0.29, 0.717) is 16.5 Å².